The smallest absolute Gasteiger partial charge is 0.330 e. The van der Waals surface area contributed by atoms with Crippen molar-refractivity contribution in [3.63, 3.8) is 0 Å². The molecule has 0 bridgehead atoms. The van der Waals surface area contributed by atoms with Gasteiger partial charge in [-0.25, -0.2) is 4.79 Å². The lowest BCUT2D eigenvalue weighted by molar-refractivity contribution is -0.156. The van der Waals surface area contributed by atoms with Crippen LogP contribution in [0.4, 0.5) is 0 Å². The SMILES string of the molecule is COc1cc(/C=C/C(=O)OC[C@H](Oc2ccccc2OC)[C@H](OC(C)=O)c2ccc(OC(C)=O)c(OC)c2)ccc1OC(C)=O. The minimum atomic E-state index is -1.11. The van der Waals surface area contributed by atoms with Crippen LogP contribution < -0.4 is 28.4 Å². The number of carbonyl (C=O) groups is 4. The quantitative estimate of drug-likeness (QED) is 0.137. The molecule has 0 saturated carbocycles. The third-order valence-corrected chi connectivity index (χ3v) is 5.99. The summed E-state index contributed by atoms with van der Waals surface area (Å²) in [5.74, 6) is -0.825. The topological polar surface area (TPSA) is 142 Å². The van der Waals surface area contributed by atoms with E-state index in [-0.39, 0.29) is 23.9 Å². The van der Waals surface area contributed by atoms with Crippen molar-refractivity contribution in [1.29, 1.82) is 0 Å². The first kappa shape index (κ1) is 34.0. The van der Waals surface area contributed by atoms with Crippen molar-refractivity contribution in [3.05, 3.63) is 77.9 Å². The monoisotopic (exact) mass is 622 g/mol. The second kappa shape index (κ2) is 16.4. The number of carbonyl (C=O) groups excluding carboxylic acids is 4. The van der Waals surface area contributed by atoms with Gasteiger partial charge in [0.2, 0.25) is 0 Å². The molecule has 0 saturated heterocycles. The van der Waals surface area contributed by atoms with Gasteiger partial charge in [0, 0.05) is 32.4 Å². The average molecular weight is 623 g/mol. The maximum atomic E-state index is 12.8. The van der Waals surface area contributed by atoms with Crippen LogP contribution in [0.2, 0.25) is 0 Å². The summed E-state index contributed by atoms with van der Waals surface area (Å²) >= 11 is 0. The molecule has 3 rings (SSSR count). The Morgan fingerprint density at radius 2 is 1.24 bits per heavy atom. The molecule has 3 aromatic carbocycles. The fourth-order valence-corrected chi connectivity index (χ4v) is 4.10. The van der Waals surface area contributed by atoms with E-state index >= 15 is 0 Å². The Hall–Kier alpha value is -5.52. The fourth-order valence-electron chi connectivity index (χ4n) is 4.10. The van der Waals surface area contributed by atoms with Gasteiger partial charge in [-0.3, -0.25) is 14.4 Å². The van der Waals surface area contributed by atoms with Crippen molar-refractivity contribution in [2.75, 3.05) is 27.9 Å². The summed E-state index contributed by atoms with van der Waals surface area (Å²) in [6.07, 6.45) is 0.497. The number of para-hydroxylation sites is 2. The minimum Gasteiger partial charge on any atom is -0.493 e. The third-order valence-electron chi connectivity index (χ3n) is 5.99. The number of benzene rings is 3. The van der Waals surface area contributed by atoms with Gasteiger partial charge in [-0.1, -0.05) is 24.3 Å². The predicted molar refractivity (Wildman–Crippen MR) is 161 cm³/mol. The molecule has 2 atom stereocenters. The Morgan fingerprint density at radius 1 is 0.667 bits per heavy atom. The summed E-state index contributed by atoms with van der Waals surface area (Å²) in [5.41, 5.74) is 0.976. The maximum absolute atomic E-state index is 12.8. The number of methoxy groups -OCH3 is 3. The van der Waals surface area contributed by atoms with E-state index in [0.717, 1.165) is 0 Å². The van der Waals surface area contributed by atoms with Crippen molar-refractivity contribution >= 4 is 30.0 Å². The van der Waals surface area contributed by atoms with Gasteiger partial charge < -0.3 is 37.9 Å². The number of esters is 4. The van der Waals surface area contributed by atoms with Gasteiger partial charge in [0.25, 0.3) is 0 Å². The summed E-state index contributed by atoms with van der Waals surface area (Å²) in [6.45, 7) is 3.40. The van der Waals surface area contributed by atoms with E-state index in [0.29, 0.717) is 28.4 Å². The first-order valence-electron chi connectivity index (χ1n) is 13.6. The van der Waals surface area contributed by atoms with Crippen molar-refractivity contribution in [2.24, 2.45) is 0 Å². The number of ether oxygens (including phenoxy) is 8. The molecule has 12 heteroatoms. The van der Waals surface area contributed by atoms with E-state index in [1.165, 1.54) is 72.5 Å². The van der Waals surface area contributed by atoms with Gasteiger partial charge in [-0.15, -0.1) is 0 Å². The van der Waals surface area contributed by atoms with Crippen molar-refractivity contribution in [2.45, 2.75) is 33.0 Å². The van der Waals surface area contributed by atoms with E-state index in [4.69, 9.17) is 37.9 Å². The van der Waals surface area contributed by atoms with Gasteiger partial charge in [-0.05, 0) is 48.0 Å². The van der Waals surface area contributed by atoms with Gasteiger partial charge in [0.15, 0.2) is 46.7 Å². The molecule has 0 aromatic heterocycles. The molecule has 3 aromatic rings. The highest BCUT2D eigenvalue weighted by Gasteiger charge is 2.31. The van der Waals surface area contributed by atoms with Crippen LogP contribution in [0.3, 0.4) is 0 Å². The number of hydrogen-bond donors (Lipinski definition) is 0. The Kier molecular flexibility index (Phi) is 12.4. The zero-order valence-corrected chi connectivity index (χ0v) is 25.7. The normalized spacial score (nSPS) is 12.0. The van der Waals surface area contributed by atoms with E-state index in [1.54, 1.807) is 42.5 Å². The van der Waals surface area contributed by atoms with Crippen LogP contribution in [-0.2, 0) is 28.7 Å². The van der Waals surface area contributed by atoms with Gasteiger partial charge in [-0.2, -0.15) is 0 Å². The molecule has 12 nitrogen and oxygen atoms in total. The molecule has 0 unspecified atom stereocenters. The van der Waals surface area contributed by atoms with E-state index in [2.05, 4.69) is 0 Å². The lowest BCUT2D eigenvalue weighted by Crippen LogP contribution is -2.34. The summed E-state index contributed by atoms with van der Waals surface area (Å²) in [6, 6.07) is 16.1. The predicted octanol–water partition coefficient (Wildman–Crippen LogP) is 4.87. The lowest BCUT2D eigenvalue weighted by atomic mass is 10.0. The minimum absolute atomic E-state index is 0.159. The third kappa shape index (κ3) is 10.0. The summed E-state index contributed by atoms with van der Waals surface area (Å²) in [7, 11) is 4.28. The van der Waals surface area contributed by atoms with Crippen LogP contribution in [-0.4, -0.2) is 57.9 Å². The fraction of sp³-hybridized carbons (Fsp3) is 0.273. The second-order valence-electron chi connectivity index (χ2n) is 9.31. The highest BCUT2D eigenvalue weighted by atomic mass is 16.6. The van der Waals surface area contributed by atoms with Crippen LogP contribution in [0.1, 0.15) is 38.0 Å². The molecule has 45 heavy (non-hydrogen) atoms. The average Bonchev–Trinajstić information content (AvgIpc) is 3.01. The van der Waals surface area contributed by atoms with Crippen molar-refractivity contribution in [3.8, 4) is 34.5 Å². The Bertz CT molecular complexity index is 1540. The van der Waals surface area contributed by atoms with Gasteiger partial charge in [0.05, 0.1) is 21.3 Å². The molecule has 0 fully saturated rings. The van der Waals surface area contributed by atoms with E-state index < -0.39 is 36.1 Å². The highest BCUT2D eigenvalue weighted by molar-refractivity contribution is 5.87. The first-order chi connectivity index (χ1) is 21.5. The van der Waals surface area contributed by atoms with Gasteiger partial charge in [0.1, 0.15) is 6.61 Å². The molecular formula is C33H34O12. The van der Waals surface area contributed by atoms with E-state index in [9.17, 15) is 19.2 Å². The number of hydrogen-bond acceptors (Lipinski definition) is 12. The van der Waals surface area contributed by atoms with Crippen LogP contribution >= 0.6 is 0 Å². The zero-order valence-electron chi connectivity index (χ0n) is 25.7. The van der Waals surface area contributed by atoms with E-state index in [1.807, 2.05) is 0 Å². The van der Waals surface area contributed by atoms with Crippen molar-refractivity contribution in [1.82, 2.24) is 0 Å². The molecule has 0 aliphatic rings. The second-order valence-corrected chi connectivity index (χ2v) is 9.31. The van der Waals surface area contributed by atoms with Crippen molar-refractivity contribution < 1.29 is 57.1 Å². The molecule has 0 amide bonds. The molecule has 238 valence electrons. The summed E-state index contributed by atoms with van der Waals surface area (Å²) in [5, 5.41) is 0. The molecule has 0 spiro atoms. The Morgan fingerprint density at radius 3 is 1.82 bits per heavy atom. The lowest BCUT2D eigenvalue weighted by Gasteiger charge is -2.28. The highest BCUT2D eigenvalue weighted by Crippen LogP contribution is 2.36. The molecule has 0 N–H and O–H groups in total. The molecule has 0 heterocycles. The number of rotatable bonds is 14. The first-order valence-corrected chi connectivity index (χ1v) is 13.6. The van der Waals surface area contributed by atoms with Crippen LogP contribution in [0, 0.1) is 0 Å². The van der Waals surface area contributed by atoms with Crippen LogP contribution in [0.15, 0.2) is 66.7 Å². The van der Waals surface area contributed by atoms with Crippen LogP contribution in [0.5, 0.6) is 34.5 Å². The van der Waals surface area contributed by atoms with Crippen LogP contribution in [0.25, 0.3) is 6.08 Å². The summed E-state index contributed by atoms with van der Waals surface area (Å²) in [4.78, 5) is 47.9. The zero-order chi connectivity index (χ0) is 32.9. The molecule has 0 aliphatic heterocycles. The molecule has 0 aliphatic carbocycles. The van der Waals surface area contributed by atoms with Gasteiger partial charge >= 0.3 is 23.9 Å². The largest absolute Gasteiger partial charge is 0.493 e. The standard InChI is InChI=1S/C33H34O12/c1-20(34)42-27-14-11-23(17-29(27)39-5)12-16-32(37)41-19-31(45-26-10-8-7-9-25(26)38-4)33(44-22(3)36)24-13-15-28(43-21(2)35)30(18-24)40-6/h7-18,31,33H,19H2,1-6H3/b16-12+/t31-,33+/m0/s1. The Balaban J connectivity index is 1.91. The Labute approximate surface area is 260 Å². The molecule has 0 radical (unpaired) electrons. The maximum Gasteiger partial charge on any atom is 0.330 e. The summed E-state index contributed by atoms with van der Waals surface area (Å²) < 4.78 is 43.8. The molecular weight excluding hydrogens is 588 g/mol.